The molecule has 1 heteroatoms. The van der Waals surface area contributed by atoms with E-state index in [0.29, 0.717) is 0 Å². The van der Waals surface area contributed by atoms with E-state index in [2.05, 4.69) is 19.2 Å². The molecule has 0 amide bonds. The van der Waals surface area contributed by atoms with Crippen LogP contribution < -0.4 is 5.32 Å². The van der Waals surface area contributed by atoms with E-state index < -0.39 is 0 Å². The minimum Gasteiger partial charge on any atom is -0.317 e. The molecule has 70 valence electrons. The molecule has 12 heavy (non-hydrogen) atoms. The molecule has 1 nitrogen and oxygen atoms in total. The zero-order valence-corrected chi connectivity index (χ0v) is 8.40. The van der Waals surface area contributed by atoms with Gasteiger partial charge in [0.2, 0.25) is 0 Å². The predicted octanol–water partition coefficient (Wildman–Crippen LogP) is 2.42. The van der Waals surface area contributed by atoms with Crippen LogP contribution in [0.1, 0.15) is 39.5 Å². The van der Waals surface area contributed by atoms with E-state index in [0.717, 1.165) is 23.8 Å². The van der Waals surface area contributed by atoms with Crippen molar-refractivity contribution in [2.45, 2.75) is 39.5 Å². The van der Waals surface area contributed by atoms with Crippen LogP contribution in [0.3, 0.4) is 0 Å². The van der Waals surface area contributed by atoms with Crippen LogP contribution in [-0.4, -0.2) is 13.1 Å². The molecule has 2 aliphatic rings. The molecule has 2 aliphatic carbocycles. The van der Waals surface area contributed by atoms with Crippen LogP contribution in [0.25, 0.3) is 0 Å². The molecule has 0 radical (unpaired) electrons. The van der Waals surface area contributed by atoms with Crippen molar-refractivity contribution < 1.29 is 0 Å². The molecular formula is C11H21N. The maximum absolute atomic E-state index is 3.48. The number of hydrogen-bond acceptors (Lipinski definition) is 1. The van der Waals surface area contributed by atoms with Crippen molar-refractivity contribution in [3.8, 4) is 0 Å². The standard InChI is InChI=1S/C11H21N/c1-3-11(9-5-6-9)7-10(11)8-12-4-2/h9-10,12H,3-8H2,1-2H3. The molecule has 0 aromatic heterocycles. The van der Waals surface area contributed by atoms with Crippen molar-refractivity contribution in [2.24, 2.45) is 17.3 Å². The summed E-state index contributed by atoms with van der Waals surface area (Å²) in [5.74, 6) is 2.14. The van der Waals surface area contributed by atoms with Crippen LogP contribution in [0.2, 0.25) is 0 Å². The lowest BCUT2D eigenvalue weighted by Gasteiger charge is -2.13. The third kappa shape index (κ3) is 1.28. The molecule has 0 bridgehead atoms. The van der Waals surface area contributed by atoms with Crippen LogP contribution in [0.5, 0.6) is 0 Å². The van der Waals surface area contributed by atoms with Crippen molar-refractivity contribution in [3.63, 3.8) is 0 Å². The van der Waals surface area contributed by atoms with Gasteiger partial charge in [0.1, 0.15) is 0 Å². The van der Waals surface area contributed by atoms with Crippen LogP contribution >= 0.6 is 0 Å². The summed E-state index contributed by atoms with van der Waals surface area (Å²) >= 11 is 0. The lowest BCUT2D eigenvalue weighted by atomic mass is 9.94. The normalized spacial score (nSPS) is 40.0. The second kappa shape index (κ2) is 3.02. The van der Waals surface area contributed by atoms with Crippen molar-refractivity contribution in [3.05, 3.63) is 0 Å². The number of rotatable bonds is 5. The van der Waals surface area contributed by atoms with E-state index in [1.54, 1.807) is 0 Å². The van der Waals surface area contributed by atoms with Gasteiger partial charge in [-0.2, -0.15) is 0 Å². The van der Waals surface area contributed by atoms with E-state index in [1.807, 2.05) is 0 Å². The first-order valence-electron chi connectivity index (χ1n) is 5.54. The van der Waals surface area contributed by atoms with Crippen molar-refractivity contribution in [1.29, 1.82) is 0 Å². The first-order valence-corrected chi connectivity index (χ1v) is 5.54. The first-order chi connectivity index (χ1) is 5.83. The second-order valence-electron chi connectivity index (χ2n) is 4.57. The van der Waals surface area contributed by atoms with E-state index in [4.69, 9.17) is 0 Å². The van der Waals surface area contributed by atoms with Crippen molar-refractivity contribution in [2.75, 3.05) is 13.1 Å². The van der Waals surface area contributed by atoms with Gasteiger partial charge in [-0.3, -0.25) is 0 Å². The van der Waals surface area contributed by atoms with Gasteiger partial charge in [0.05, 0.1) is 0 Å². The highest BCUT2D eigenvalue weighted by molar-refractivity contribution is 5.09. The lowest BCUT2D eigenvalue weighted by molar-refractivity contribution is 0.371. The van der Waals surface area contributed by atoms with Crippen LogP contribution in [-0.2, 0) is 0 Å². The Balaban J connectivity index is 1.80. The molecule has 1 N–H and O–H groups in total. The Morgan fingerprint density at radius 3 is 2.58 bits per heavy atom. The zero-order valence-electron chi connectivity index (χ0n) is 8.40. The Labute approximate surface area is 75.9 Å². The van der Waals surface area contributed by atoms with E-state index in [-0.39, 0.29) is 0 Å². The summed E-state index contributed by atoms with van der Waals surface area (Å²) in [5.41, 5.74) is 0.808. The third-order valence-electron chi connectivity index (χ3n) is 3.97. The van der Waals surface area contributed by atoms with Gasteiger partial charge in [0.25, 0.3) is 0 Å². The quantitative estimate of drug-likeness (QED) is 0.663. The Morgan fingerprint density at radius 2 is 2.08 bits per heavy atom. The van der Waals surface area contributed by atoms with Gasteiger partial charge in [-0.05, 0) is 56.0 Å². The average Bonchev–Trinajstić information content (AvgIpc) is 2.94. The fraction of sp³-hybridized carbons (Fsp3) is 1.00. The molecule has 2 rings (SSSR count). The summed E-state index contributed by atoms with van der Waals surface area (Å²) in [7, 11) is 0. The summed E-state index contributed by atoms with van der Waals surface area (Å²) in [6.07, 6.45) is 5.99. The lowest BCUT2D eigenvalue weighted by Crippen LogP contribution is -2.19. The van der Waals surface area contributed by atoms with Crippen LogP contribution in [0, 0.1) is 17.3 Å². The summed E-state index contributed by atoms with van der Waals surface area (Å²) in [4.78, 5) is 0. The summed E-state index contributed by atoms with van der Waals surface area (Å²) in [6, 6.07) is 0. The largest absolute Gasteiger partial charge is 0.317 e. The third-order valence-corrected chi connectivity index (χ3v) is 3.97. The van der Waals surface area contributed by atoms with Crippen molar-refractivity contribution >= 4 is 0 Å². The van der Waals surface area contributed by atoms with Gasteiger partial charge >= 0.3 is 0 Å². The molecule has 0 aliphatic heterocycles. The molecule has 0 spiro atoms. The van der Waals surface area contributed by atoms with E-state index in [1.165, 1.54) is 32.2 Å². The minimum atomic E-state index is 0.808. The smallest absolute Gasteiger partial charge is 0.00150 e. The number of nitrogens with one attached hydrogen (secondary N) is 1. The van der Waals surface area contributed by atoms with E-state index >= 15 is 0 Å². The summed E-state index contributed by atoms with van der Waals surface area (Å²) in [5, 5.41) is 3.48. The Hall–Kier alpha value is -0.0400. The second-order valence-corrected chi connectivity index (χ2v) is 4.57. The summed E-state index contributed by atoms with van der Waals surface area (Å²) < 4.78 is 0. The number of hydrogen-bond donors (Lipinski definition) is 1. The van der Waals surface area contributed by atoms with Gasteiger partial charge < -0.3 is 5.32 Å². The van der Waals surface area contributed by atoms with Gasteiger partial charge in [0, 0.05) is 0 Å². The highest BCUT2D eigenvalue weighted by Crippen LogP contribution is 2.66. The monoisotopic (exact) mass is 167 g/mol. The molecule has 2 fully saturated rings. The first kappa shape index (κ1) is 8.55. The molecule has 2 unspecified atom stereocenters. The van der Waals surface area contributed by atoms with Crippen molar-refractivity contribution in [1.82, 2.24) is 5.32 Å². The predicted molar refractivity (Wildman–Crippen MR) is 52.1 cm³/mol. The molecule has 0 aromatic carbocycles. The van der Waals surface area contributed by atoms with Gasteiger partial charge in [-0.15, -0.1) is 0 Å². The highest BCUT2D eigenvalue weighted by atomic mass is 14.9. The maximum Gasteiger partial charge on any atom is -0.00150 e. The fourth-order valence-corrected chi connectivity index (χ4v) is 2.87. The van der Waals surface area contributed by atoms with Gasteiger partial charge in [-0.1, -0.05) is 13.8 Å². The minimum absolute atomic E-state index is 0.808. The fourth-order valence-electron chi connectivity index (χ4n) is 2.87. The van der Waals surface area contributed by atoms with Crippen LogP contribution in [0.4, 0.5) is 0 Å². The highest BCUT2D eigenvalue weighted by Gasteiger charge is 2.59. The van der Waals surface area contributed by atoms with E-state index in [9.17, 15) is 0 Å². The SMILES string of the molecule is CCNCC1CC1(CC)C1CC1. The molecule has 0 aromatic rings. The molecule has 0 heterocycles. The Kier molecular flexibility index (Phi) is 2.16. The zero-order chi connectivity index (χ0) is 8.60. The van der Waals surface area contributed by atoms with Gasteiger partial charge in [-0.25, -0.2) is 0 Å². The molecule has 2 saturated carbocycles. The Morgan fingerprint density at radius 1 is 1.33 bits per heavy atom. The summed E-state index contributed by atoms with van der Waals surface area (Å²) in [6.45, 7) is 7.00. The molecule has 0 saturated heterocycles. The van der Waals surface area contributed by atoms with Crippen LogP contribution in [0.15, 0.2) is 0 Å². The topological polar surface area (TPSA) is 12.0 Å². The average molecular weight is 167 g/mol. The maximum atomic E-state index is 3.48. The molecular weight excluding hydrogens is 146 g/mol. The van der Waals surface area contributed by atoms with Gasteiger partial charge in [0.15, 0.2) is 0 Å². The Bertz CT molecular complexity index is 162. The molecule has 2 atom stereocenters.